The molecule has 0 fully saturated rings. The molecule has 0 amide bonds. The zero-order valence-electron chi connectivity index (χ0n) is 9.70. The first-order chi connectivity index (χ1) is 9.21. The molecule has 6 nitrogen and oxygen atoms in total. The maximum absolute atomic E-state index is 12.2. The Kier molecular flexibility index (Phi) is 3.34. The molecule has 2 N–H and O–H groups in total. The molecule has 0 spiro atoms. The summed E-state index contributed by atoms with van der Waals surface area (Å²) >= 11 is 0. The van der Waals surface area contributed by atoms with Crippen LogP contribution in [-0.2, 0) is 10.1 Å². The van der Waals surface area contributed by atoms with Crippen molar-refractivity contribution in [1.29, 1.82) is 0 Å². The summed E-state index contributed by atoms with van der Waals surface area (Å²) in [6.07, 6.45) is 0. The smallest absolute Gasteiger partial charge is 0.383 e. The maximum atomic E-state index is 12.2. The first kappa shape index (κ1) is 14.2. The average Bonchev–Trinajstić information content (AvgIpc) is 2.69. The highest BCUT2D eigenvalue weighted by atomic mass is 32.2. The standard InChI is InChI=1S/C10H8F3N3O3S/c11-10(12,13)20(17,18)19-9-6-8(14)16(15-9)7-4-2-1-3-5-7/h1-6H,14H2. The molecule has 108 valence electrons. The van der Waals surface area contributed by atoms with Crippen molar-refractivity contribution in [2.45, 2.75) is 5.51 Å². The van der Waals surface area contributed by atoms with Crippen molar-refractivity contribution in [2.24, 2.45) is 0 Å². The third-order valence-corrected chi connectivity index (χ3v) is 3.15. The molecule has 10 heteroatoms. The lowest BCUT2D eigenvalue weighted by Crippen LogP contribution is -2.28. The Bertz CT molecular complexity index is 710. The number of anilines is 1. The Labute approximate surface area is 111 Å². The Morgan fingerprint density at radius 3 is 2.35 bits per heavy atom. The van der Waals surface area contributed by atoms with Crippen molar-refractivity contribution in [3.05, 3.63) is 36.4 Å². The summed E-state index contributed by atoms with van der Waals surface area (Å²) in [6, 6.07) is 9.09. The van der Waals surface area contributed by atoms with E-state index in [2.05, 4.69) is 9.28 Å². The van der Waals surface area contributed by atoms with E-state index >= 15 is 0 Å². The highest BCUT2D eigenvalue weighted by Gasteiger charge is 2.49. The summed E-state index contributed by atoms with van der Waals surface area (Å²) < 4.78 is 63.1. The molecule has 2 aromatic rings. The predicted octanol–water partition coefficient (Wildman–Crippen LogP) is 1.68. The fourth-order valence-corrected chi connectivity index (χ4v) is 1.75. The molecule has 20 heavy (non-hydrogen) atoms. The average molecular weight is 307 g/mol. The van der Waals surface area contributed by atoms with E-state index in [1.165, 1.54) is 0 Å². The number of nitrogens with zero attached hydrogens (tertiary/aromatic N) is 2. The van der Waals surface area contributed by atoms with E-state index in [0.717, 1.165) is 10.7 Å². The number of alkyl halides is 3. The van der Waals surface area contributed by atoms with Gasteiger partial charge >= 0.3 is 15.6 Å². The first-order valence-corrected chi connectivity index (χ1v) is 6.53. The quantitative estimate of drug-likeness (QED) is 0.688. The second-order valence-corrected chi connectivity index (χ2v) is 5.18. The molecule has 0 unspecified atom stereocenters. The van der Waals surface area contributed by atoms with Gasteiger partial charge in [0.25, 0.3) is 5.88 Å². The lowest BCUT2D eigenvalue weighted by atomic mass is 10.3. The highest BCUT2D eigenvalue weighted by molar-refractivity contribution is 7.87. The minimum absolute atomic E-state index is 0.0661. The van der Waals surface area contributed by atoms with Gasteiger partial charge in [0, 0.05) is 6.07 Å². The normalized spacial score (nSPS) is 12.3. The first-order valence-electron chi connectivity index (χ1n) is 5.12. The Morgan fingerprint density at radius 1 is 1.20 bits per heavy atom. The summed E-state index contributed by atoms with van der Waals surface area (Å²) in [6.45, 7) is 0. The van der Waals surface area contributed by atoms with Gasteiger partial charge in [-0.1, -0.05) is 18.2 Å². The van der Waals surface area contributed by atoms with E-state index < -0.39 is 21.5 Å². The second kappa shape index (κ2) is 4.71. The molecule has 2 rings (SSSR count). The minimum atomic E-state index is -5.77. The fraction of sp³-hybridized carbons (Fsp3) is 0.100. The van der Waals surface area contributed by atoms with Crippen LogP contribution < -0.4 is 9.92 Å². The summed E-state index contributed by atoms with van der Waals surface area (Å²) in [7, 11) is -5.77. The number of aromatic nitrogens is 2. The highest BCUT2D eigenvalue weighted by Crippen LogP contribution is 2.27. The summed E-state index contributed by atoms with van der Waals surface area (Å²) in [5.41, 5.74) is 0.465. The van der Waals surface area contributed by atoms with Crippen molar-refractivity contribution in [3.8, 4) is 11.6 Å². The number of nitrogen functional groups attached to an aromatic ring is 1. The maximum Gasteiger partial charge on any atom is 0.534 e. The molecule has 0 aliphatic carbocycles. The molecule has 1 aromatic carbocycles. The van der Waals surface area contributed by atoms with Crippen molar-refractivity contribution in [2.75, 3.05) is 5.73 Å². The summed E-state index contributed by atoms with van der Waals surface area (Å²) in [5.74, 6) is -0.827. The van der Waals surface area contributed by atoms with Crippen LogP contribution in [0.4, 0.5) is 19.0 Å². The fourth-order valence-electron chi connectivity index (χ4n) is 1.35. The number of nitrogens with two attached hydrogens (primary N) is 1. The van der Waals surface area contributed by atoms with Crippen molar-refractivity contribution < 1.29 is 25.8 Å². The number of rotatable bonds is 3. The lowest BCUT2D eigenvalue weighted by molar-refractivity contribution is -0.0501. The van der Waals surface area contributed by atoms with Crippen LogP contribution in [0.2, 0.25) is 0 Å². The lowest BCUT2D eigenvalue weighted by Gasteiger charge is -2.06. The van der Waals surface area contributed by atoms with Gasteiger partial charge in [-0.25, -0.2) is 4.68 Å². The molecule has 0 saturated heterocycles. The molecule has 0 radical (unpaired) electrons. The van der Waals surface area contributed by atoms with Crippen LogP contribution in [0.15, 0.2) is 36.4 Å². The molecule has 0 bridgehead atoms. The minimum Gasteiger partial charge on any atom is -0.383 e. The SMILES string of the molecule is Nc1cc(OS(=O)(=O)C(F)(F)F)nn1-c1ccccc1. The van der Waals surface area contributed by atoms with Gasteiger partial charge < -0.3 is 9.92 Å². The van der Waals surface area contributed by atoms with Gasteiger partial charge in [-0.15, -0.1) is 5.10 Å². The van der Waals surface area contributed by atoms with Crippen molar-refractivity contribution in [1.82, 2.24) is 9.78 Å². The topological polar surface area (TPSA) is 87.2 Å². The number of benzene rings is 1. The van der Waals surface area contributed by atoms with Gasteiger partial charge in [-0.05, 0) is 12.1 Å². The van der Waals surface area contributed by atoms with Crippen LogP contribution in [0.3, 0.4) is 0 Å². The summed E-state index contributed by atoms with van der Waals surface area (Å²) in [5, 5.41) is 3.57. The zero-order chi connectivity index (χ0) is 15.0. The Hall–Kier alpha value is -2.23. The zero-order valence-corrected chi connectivity index (χ0v) is 10.5. The van der Waals surface area contributed by atoms with Crippen molar-refractivity contribution in [3.63, 3.8) is 0 Å². The molecular weight excluding hydrogens is 299 g/mol. The molecule has 1 heterocycles. The van der Waals surface area contributed by atoms with Gasteiger partial charge in [-0.3, -0.25) is 0 Å². The largest absolute Gasteiger partial charge is 0.534 e. The van der Waals surface area contributed by atoms with Crippen LogP contribution in [0.1, 0.15) is 0 Å². The van der Waals surface area contributed by atoms with E-state index in [4.69, 9.17) is 5.73 Å². The third kappa shape index (κ3) is 2.69. The van der Waals surface area contributed by atoms with Gasteiger partial charge in [0.05, 0.1) is 5.69 Å². The molecule has 0 atom stereocenters. The Balaban J connectivity index is 2.34. The molecule has 0 aliphatic rings. The summed E-state index contributed by atoms with van der Waals surface area (Å²) in [4.78, 5) is 0. The van der Waals surface area contributed by atoms with Crippen LogP contribution in [0.5, 0.6) is 5.88 Å². The predicted molar refractivity (Wildman–Crippen MR) is 63.6 cm³/mol. The Morgan fingerprint density at radius 2 is 1.80 bits per heavy atom. The van der Waals surface area contributed by atoms with E-state index in [9.17, 15) is 21.6 Å². The monoisotopic (exact) mass is 307 g/mol. The van der Waals surface area contributed by atoms with Crippen LogP contribution in [0.25, 0.3) is 5.69 Å². The van der Waals surface area contributed by atoms with Crippen LogP contribution in [-0.4, -0.2) is 23.7 Å². The number of hydrogen-bond donors (Lipinski definition) is 1. The molecular formula is C10H8F3N3O3S. The molecule has 0 saturated carbocycles. The van der Waals surface area contributed by atoms with Crippen LogP contribution in [0, 0.1) is 0 Å². The van der Waals surface area contributed by atoms with Gasteiger partial charge in [0.1, 0.15) is 5.82 Å². The second-order valence-electron chi connectivity index (χ2n) is 3.64. The van der Waals surface area contributed by atoms with Crippen molar-refractivity contribution >= 4 is 15.9 Å². The molecule has 0 aliphatic heterocycles. The number of hydrogen-bond acceptors (Lipinski definition) is 5. The third-order valence-electron chi connectivity index (χ3n) is 2.19. The van der Waals surface area contributed by atoms with Gasteiger partial charge in [0.2, 0.25) is 0 Å². The van der Waals surface area contributed by atoms with E-state index in [0.29, 0.717) is 5.69 Å². The molecule has 1 aromatic heterocycles. The van der Waals surface area contributed by atoms with E-state index in [-0.39, 0.29) is 5.82 Å². The van der Waals surface area contributed by atoms with E-state index in [1.807, 2.05) is 0 Å². The number of para-hydroxylation sites is 1. The van der Waals surface area contributed by atoms with Crippen LogP contribution >= 0.6 is 0 Å². The number of halogens is 3. The van der Waals surface area contributed by atoms with Gasteiger partial charge in [-0.2, -0.15) is 21.6 Å². The van der Waals surface area contributed by atoms with Gasteiger partial charge in [0.15, 0.2) is 0 Å². The van der Waals surface area contributed by atoms with E-state index in [1.54, 1.807) is 30.3 Å².